The van der Waals surface area contributed by atoms with Crippen molar-refractivity contribution >= 4 is 5.91 Å². The van der Waals surface area contributed by atoms with Gasteiger partial charge in [0.25, 0.3) is 5.91 Å². The maximum atomic E-state index is 13.0. The molecule has 0 spiro atoms. The Labute approximate surface area is 185 Å². The normalized spacial score (nSPS) is 15.8. The Hall–Kier alpha value is -3.94. The number of benzene rings is 2. The number of amides is 1. The van der Waals surface area contributed by atoms with E-state index in [1.54, 1.807) is 13.2 Å². The minimum absolute atomic E-state index is 0.0513. The molecule has 4 aromatic rings. The summed E-state index contributed by atoms with van der Waals surface area (Å²) in [5.41, 5.74) is 2.99. The van der Waals surface area contributed by atoms with E-state index in [0.29, 0.717) is 42.7 Å². The van der Waals surface area contributed by atoms with Crippen LogP contribution in [0.1, 0.15) is 22.8 Å². The van der Waals surface area contributed by atoms with Gasteiger partial charge >= 0.3 is 0 Å². The summed E-state index contributed by atoms with van der Waals surface area (Å²) in [6, 6.07) is 19.1. The Balaban J connectivity index is 1.22. The Morgan fingerprint density at radius 1 is 1.12 bits per heavy atom. The van der Waals surface area contributed by atoms with Crippen LogP contribution in [-0.2, 0) is 6.42 Å². The van der Waals surface area contributed by atoms with Crippen molar-refractivity contribution in [3.8, 4) is 28.5 Å². The third-order valence-corrected chi connectivity index (χ3v) is 5.70. The quantitative estimate of drug-likeness (QED) is 0.500. The van der Waals surface area contributed by atoms with E-state index in [-0.39, 0.29) is 11.8 Å². The molecule has 1 aliphatic rings. The second kappa shape index (κ2) is 8.66. The minimum atomic E-state index is -0.0513. The van der Waals surface area contributed by atoms with Crippen molar-refractivity contribution in [2.45, 2.75) is 12.8 Å². The molecule has 3 heterocycles. The molecule has 1 unspecified atom stereocenters. The van der Waals surface area contributed by atoms with Crippen LogP contribution >= 0.6 is 0 Å². The third kappa shape index (κ3) is 4.12. The fraction of sp³-hybridized carbons (Fsp3) is 0.250. The Morgan fingerprint density at radius 2 is 1.97 bits per heavy atom. The lowest BCUT2D eigenvalue weighted by molar-refractivity contribution is 0.0780. The molecular weight excluding hydrogens is 406 g/mol. The second-order valence-corrected chi connectivity index (χ2v) is 7.88. The van der Waals surface area contributed by atoms with Gasteiger partial charge in [-0.3, -0.25) is 9.89 Å². The van der Waals surface area contributed by atoms with Gasteiger partial charge in [0.05, 0.1) is 12.8 Å². The average molecular weight is 429 g/mol. The summed E-state index contributed by atoms with van der Waals surface area (Å²) in [5, 5.41) is 15.5. The molecule has 5 rings (SSSR count). The van der Waals surface area contributed by atoms with Gasteiger partial charge in [0, 0.05) is 30.6 Å². The maximum Gasteiger partial charge on any atom is 0.271 e. The number of carbonyl (C=O) groups excluding carboxylic acids is 1. The fourth-order valence-corrected chi connectivity index (χ4v) is 4.00. The van der Waals surface area contributed by atoms with Gasteiger partial charge in [0.2, 0.25) is 11.8 Å². The van der Waals surface area contributed by atoms with Crippen molar-refractivity contribution in [3.63, 3.8) is 0 Å². The van der Waals surface area contributed by atoms with Crippen molar-refractivity contribution in [1.29, 1.82) is 0 Å². The molecule has 1 amide bonds. The average Bonchev–Trinajstić information content (AvgIpc) is 3.61. The summed E-state index contributed by atoms with van der Waals surface area (Å²) < 4.78 is 11.1. The summed E-state index contributed by atoms with van der Waals surface area (Å²) >= 11 is 0. The number of hydrogen-bond donors (Lipinski definition) is 1. The van der Waals surface area contributed by atoms with E-state index >= 15 is 0 Å². The fourth-order valence-electron chi connectivity index (χ4n) is 4.00. The number of likely N-dealkylation sites (tertiary alicyclic amines) is 1. The predicted molar refractivity (Wildman–Crippen MR) is 118 cm³/mol. The van der Waals surface area contributed by atoms with Crippen LogP contribution in [0.5, 0.6) is 5.75 Å². The topological polar surface area (TPSA) is 97.1 Å². The lowest BCUT2D eigenvalue weighted by Gasteiger charge is -2.14. The smallest absolute Gasteiger partial charge is 0.271 e. The van der Waals surface area contributed by atoms with Gasteiger partial charge in [-0.2, -0.15) is 5.10 Å². The number of carbonyl (C=O) groups is 1. The van der Waals surface area contributed by atoms with Crippen LogP contribution in [0.2, 0.25) is 0 Å². The molecule has 8 nitrogen and oxygen atoms in total. The van der Waals surface area contributed by atoms with Crippen LogP contribution < -0.4 is 4.74 Å². The summed E-state index contributed by atoms with van der Waals surface area (Å²) in [4.78, 5) is 14.8. The van der Waals surface area contributed by atoms with Gasteiger partial charge in [0.15, 0.2) is 0 Å². The summed E-state index contributed by atoms with van der Waals surface area (Å²) in [5.74, 6) is 2.10. The van der Waals surface area contributed by atoms with Gasteiger partial charge in [-0.05, 0) is 42.7 Å². The van der Waals surface area contributed by atoms with Crippen molar-refractivity contribution in [3.05, 3.63) is 72.2 Å². The van der Waals surface area contributed by atoms with E-state index in [9.17, 15) is 4.79 Å². The van der Waals surface area contributed by atoms with Crippen LogP contribution in [0.3, 0.4) is 0 Å². The molecule has 162 valence electrons. The van der Waals surface area contributed by atoms with E-state index in [1.807, 2.05) is 59.5 Å². The van der Waals surface area contributed by atoms with Crippen LogP contribution in [0.4, 0.5) is 0 Å². The summed E-state index contributed by atoms with van der Waals surface area (Å²) in [6.07, 6.45) is 1.55. The molecule has 1 saturated heterocycles. The first-order valence-corrected chi connectivity index (χ1v) is 10.6. The van der Waals surface area contributed by atoms with E-state index in [4.69, 9.17) is 9.15 Å². The van der Waals surface area contributed by atoms with Gasteiger partial charge in [-0.25, -0.2) is 0 Å². The van der Waals surface area contributed by atoms with Gasteiger partial charge < -0.3 is 14.1 Å². The number of hydrogen-bond acceptors (Lipinski definition) is 6. The highest BCUT2D eigenvalue weighted by Crippen LogP contribution is 2.26. The molecule has 0 bridgehead atoms. The molecule has 8 heteroatoms. The van der Waals surface area contributed by atoms with Crippen molar-refractivity contribution in [2.75, 3.05) is 20.2 Å². The third-order valence-electron chi connectivity index (χ3n) is 5.70. The van der Waals surface area contributed by atoms with Crippen LogP contribution in [-0.4, -0.2) is 51.4 Å². The highest BCUT2D eigenvalue weighted by molar-refractivity contribution is 5.93. The Morgan fingerprint density at radius 3 is 2.81 bits per heavy atom. The number of methoxy groups -OCH3 is 1. The number of nitrogens with one attached hydrogen (secondary N) is 1. The van der Waals surface area contributed by atoms with Crippen LogP contribution in [0.15, 0.2) is 65.1 Å². The molecule has 0 saturated carbocycles. The van der Waals surface area contributed by atoms with Crippen LogP contribution in [0, 0.1) is 5.92 Å². The SMILES string of the molecule is COc1cccc(-c2cc(C(=O)N3CCC(Cc4nnc(-c5ccccc5)o4)C3)[nH]n2)c1. The highest BCUT2D eigenvalue weighted by Gasteiger charge is 2.29. The molecule has 0 radical (unpaired) electrons. The highest BCUT2D eigenvalue weighted by atomic mass is 16.5. The number of rotatable bonds is 6. The molecule has 2 aromatic carbocycles. The number of nitrogens with zero attached hydrogens (tertiary/aromatic N) is 4. The van der Waals surface area contributed by atoms with Crippen LogP contribution in [0.25, 0.3) is 22.7 Å². The molecule has 32 heavy (non-hydrogen) atoms. The second-order valence-electron chi connectivity index (χ2n) is 7.88. The molecular formula is C24H23N5O3. The molecule has 1 N–H and O–H groups in total. The largest absolute Gasteiger partial charge is 0.497 e. The van der Waals surface area contributed by atoms with E-state index in [2.05, 4.69) is 20.4 Å². The van der Waals surface area contributed by atoms with Gasteiger partial charge in [-0.1, -0.05) is 30.3 Å². The van der Waals surface area contributed by atoms with Crippen molar-refractivity contribution in [1.82, 2.24) is 25.3 Å². The van der Waals surface area contributed by atoms with Gasteiger partial charge in [-0.15, -0.1) is 10.2 Å². The molecule has 1 atom stereocenters. The first kappa shape index (κ1) is 20.0. The number of aromatic amines is 1. The summed E-state index contributed by atoms with van der Waals surface area (Å²) in [7, 11) is 1.62. The van der Waals surface area contributed by atoms with Crippen molar-refractivity contribution in [2.24, 2.45) is 5.92 Å². The first-order chi connectivity index (χ1) is 15.7. The zero-order valence-corrected chi connectivity index (χ0v) is 17.7. The Kier molecular flexibility index (Phi) is 5.41. The minimum Gasteiger partial charge on any atom is -0.497 e. The standard InChI is InChI=1S/C24H23N5O3/c1-31-19-9-5-8-18(13-19)20-14-21(26-25-20)24(30)29-11-10-16(15-29)12-22-27-28-23(32-22)17-6-3-2-4-7-17/h2-9,13-14,16H,10-12,15H2,1H3,(H,25,26). The first-order valence-electron chi connectivity index (χ1n) is 10.6. The number of aromatic nitrogens is 4. The number of H-pyrrole nitrogens is 1. The van der Waals surface area contributed by atoms with Gasteiger partial charge in [0.1, 0.15) is 11.4 Å². The lowest BCUT2D eigenvalue weighted by atomic mass is 10.1. The molecule has 2 aromatic heterocycles. The van der Waals surface area contributed by atoms with E-state index in [1.165, 1.54) is 0 Å². The monoisotopic (exact) mass is 429 g/mol. The van der Waals surface area contributed by atoms with E-state index in [0.717, 1.165) is 23.3 Å². The van der Waals surface area contributed by atoms with E-state index < -0.39 is 0 Å². The zero-order chi connectivity index (χ0) is 21.9. The summed E-state index contributed by atoms with van der Waals surface area (Å²) in [6.45, 7) is 1.34. The predicted octanol–water partition coefficient (Wildman–Crippen LogP) is 3.84. The number of ether oxygens (including phenoxy) is 1. The van der Waals surface area contributed by atoms with Crippen molar-refractivity contribution < 1.29 is 13.9 Å². The Bertz CT molecular complexity index is 1220. The lowest BCUT2D eigenvalue weighted by Crippen LogP contribution is -2.29. The molecule has 1 fully saturated rings. The molecule has 1 aliphatic heterocycles. The zero-order valence-electron chi connectivity index (χ0n) is 17.7. The maximum absolute atomic E-state index is 13.0. The molecule has 0 aliphatic carbocycles.